The van der Waals surface area contributed by atoms with Gasteiger partial charge in [0.25, 0.3) is 5.91 Å². The molecule has 1 aromatic rings. The molecule has 1 unspecified atom stereocenters. The van der Waals surface area contributed by atoms with Crippen LogP contribution in [0.2, 0.25) is 0 Å². The van der Waals surface area contributed by atoms with Gasteiger partial charge in [-0.2, -0.15) is 5.26 Å². The summed E-state index contributed by atoms with van der Waals surface area (Å²) < 4.78 is 17.8. The number of esters is 1. The highest BCUT2D eigenvalue weighted by Gasteiger charge is 2.30. The molecule has 1 N–H and O–H groups in total. The van der Waals surface area contributed by atoms with Crippen LogP contribution in [0.15, 0.2) is 30.3 Å². The van der Waals surface area contributed by atoms with Gasteiger partial charge in [-0.1, -0.05) is 26.0 Å². The van der Waals surface area contributed by atoms with Gasteiger partial charge in [-0.15, -0.1) is 0 Å². The molecule has 5 nitrogen and oxygen atoms in total. The molecular formula is C17H19FN2O3. The second-order valence-electron chi connectivity index (χ2n) is 5.51. The lowest BCUT2D eigenvalue weighted by Crippen LogP contribution is -2.50. The molecule has 0 saturated heterocycles. The number of hydrogen-bond acceptors (Lipinski definition) is 4. The first-order valence-electron chi connectivity index (χ1n) is 7.09. The van der Waals surface area contributed by atoms with Crippen LogP contribution in [0.3, 0.4) is 0 Å². The number of carbonyl (C=O) groups excluding carboxylic acids is 2. The Bertz CT molecular complexity index is 649. The number of ether oxygens (including phenoxy) is 1. The zero-order valence-corrected chi connectivity index (χ0v) is 13.3. The Balaban J connectivity index is 2.50. The summed E-state index contributed by atoms with van der Waals surface area (Å²) in [6, 6.07) is 7.72. The van der Waals surface area contributed by atoms with Crippen molar-refractivity contribution in [2.24, 2.45) is 5.92 Å². The molecule has 0 aliphatic carbocycles. The molecule has 0 spiro atoms. The van der Waals surface area contributed by atoms with Gasteiger partial charge in [0, 0.05) is 6.08 Å². The first-order chi connectivity index (χ1) is 10.8. The molecule has 0 saturated carbocycles. The first-order valence-corrected chi connectivity index (χ1v) is 7.09. The van der Waals surface area contributed by atoms with Crippen LogP contribution in [-0.4, -0.2) is 24.0 Å². The minimum atomic E-state index is -1.03. The summed E-state index contributed by atoms with van der Waals surface area (Å²) in [6.07, 6.45) is 2.49. The van der Waals surface area contributed by atoms with E-state index in [1.165, 1.54) is 24.3 Å². The average molecular weight is 318 g/mol. The lowest BCUT2D eigenvalue weighted by Gasteiger charge is -2.27. The van der Waals surface area contributed by atoms with E-state index in [1.807, 2.05) is 6.07 Å². The largest absolute Gasteiger partial charge is 0.452 e. The number of rotatable bonds is 6. The Morgan fingerprint density at radius 3 is 2.74 bits per heavy atom. The third-order valence-electron chi connectivity index (χ3n) is 3.39. The van der Waals surface area contributed by atoms with Crippen molar-refractivity contribution in [2.45, 2.75) is 26.3 Å². The molecule has 0 aliphatic heterocycles. The van der Waals surface area contributed by atoms with Crippen molar-refractivity contribution in [1.29, 1.82) is 5.26 Å². The van der Waals surface area contributed by atoms with Crippen LogP contribution in [0.5, 0.6) is 0 Å². The highest BCUT2D eigenvalue weighted by atomic mass is 19.1. The van der Waals surface area contributed by atoms with Gasteiger partial charge in [-0.3, -0.25) is 4.79 Å². The van der Waals surface area contributed by atoms with Gasteiger partial charge in [-0.25, -0.2) is 9.18 Å². The van der Waals surface area contributed by atoms with Gasteiger partial charge in [-0.05, 0) is 36.6 Å². The predicted octanol–water partition coefficient (Wildman–Crippen LogP) is 2.44. The van der Waals surface area contributed by atoms with E-state index in [0.29, 0.717) is 5.56 Å². The van der Waals surface area contributed by atoms with Crippen LogP contribution in [0.25, 0.3) is 6.08 Å². The van der Waals surface area contributed by atoms with E-state index in [1.54, 1.807) is 26.8 Å². The fraction of sp³-hybridized carbons (Fsp3) is 0.353. The number of benzene rings is 1. The van der Waals surface area contributed by atoms with Crippen LogP contribution in [-0.2, 0) is 14.3 Å². The monoisotopic (exact) mass is 318 g/mol. The molecule has 0 fully saturated rings. The fourth-order valence-electron chi connectivity index (χ4n) is 1.59. The van der Waals surface area contributed by atoms with E-state index in [-0.39, 0.29) is 5.92 Å². The van der Waals surface area contributed by atoms with Gasteiger partial charge >= 0.3 is 5.97 Å². The fourth-order valence-corrected chi connectivity index (χ4v) is 1.59. The van der Waals surface area contributed by atoms with E-state index in [2.05, 4.69) is 5.32 Å². The Morgan fingerprint density at radius 1 is 1.48 bits per heavy atom. The van der Waals surface area contributed by atoms with Crippen LogP contribution in [0.4, 0.5) is 4.39 Å². The number of nitriles is 1. The molecule has 0 radical (unpaired) electrons. The standard InChI is InChI=1S/C17H19FN2O3/c1-12(2)17(3,11-19)20-15(21)10-23-16(22)8-7-13-5-4-6-14(18)9-13/h4-9,12H,10H2,1-3H3,(H,20,21)/b8-7+. The molecule has 0 aliphatic rings. The number of halogens is 1. The number of hydrogen-bond donors (Lipinski definition) is 1. The van der Waals surface area contributed by atoms with Crippen LogP contribution >= 0.6 is 0 Å². The molecule has 0 aromatic heterocycles. The molecule has 1 rings (SSSR count). The minimum absolute atomic E-state index is 0.0972. The number of amides is 1. The summed E-state index contributed by atoms with van der Waals surface area (Å²) in [6.45, 7) is 4.71. The van der Waals surface area contributed by atoms with E-state index in [9.17, 15) is 14.0 Å². The van der Waals surface area contributed by atoms with Gasteiger partial charge in [0.15, 0.2) is 6.61 Å². The quantitative estimate of drug-likeness (QED) is 0.645. The van der Waals surface area contributed by atoms with Gasteiger partial charge < -0.3 is 10.1 Å². The van der Waals surface area contributed by atoms with E-state index in [0.717, 1.165) is 6.08 Å². The summed E-state index contributed by atoms with van der Waals surface area (Å²) in [5, 5.41) is 11.6. The Morgan fingerprint density at radius 2 is 2.17 bits per heavy atom. The van der Waals surface area contributed by atoms with Crippen LogP contribution in [0, 0.1) is 23.1 Å². The van der Waals surface area contributed by atoms with Gasteiger partial charge in [0.1, 0.15) is 11.4 Å². The van der Waals surface area contributed by atoms with Gasteiger partial charge in [0.2, 0.25) is 0 Å². The van der Waals surface area contributed by atoms with Crippen molar-refractivity contribution >= 4 is 18.0 Å². The molecule has 23 heavy (non-hydrogen) atoms. The number of nitrogens with one attached hydrogen (secondary N) is 1. The van der Waals surface area contributed by atoms with Crippen LogP contribution < -0.4 is 5.32 Å². The molecule has 6 heteroatoms. The summed E-state index contributed by atoms with van der Waals surface area (Å²) >= 11 is 0. The van der Waals surface area contributed by atoms with Crippen molar-refractivity contribution in [1.82, 2.24) is 5.32 Å². The minimum Gasteiger partial charge on any atom is -0.452 e. The van der Waals surface area contributed by atoms with Crippen molar-refractivity contribution in [3.8, 4) is 6.07 Å². The molecule has 0 bridgehead atoms. The Kier molecular flexibility index (Phi) is 6.46. The van der Waals surface area contributed by atoms with Crippen molar-refractivity contribution < 1.29 is 18.7 Å². The van der Waals surface area contributed by atoms with E-state index < -0.39 is 29.8 Å². The Labute approximate surface area is 134 Å². The summed E-state index contributed by atoms with van der Waals surface area (Å²) in [4.78, 5) is 23.3. The van der Waals surface area contributed by atoms with Crippen molar-refractivity contribution in [3.63, 3.8) is 0 Å². The van der Waals surface area contributed by atoms with Crippen molar-refractivity contribution in [2.75, 3.05) is 6.61 Å². The lowest BCUT2D eigenvalue weighted by atomic mass is 9.90. The Hall–Kier alpha value is -2.68. The average Bonchev–Trinajstić information content (AvgIpc) is 2.50. The zero-order chi connectivity index (χ0) is 17.5. The molecule has 122 valence electrons. The summed E-state index contributed by atoms with van der Waals surface area (Å²) in [5.41, 5.74) is -0.524. The van der Waals surface area contributed by atoms with Crippen LogP contribution in [0.1, 0.15) is 26.3 Å². The second-order valence-corrected chi connectivity index (χ2v) is 5.51. The maximum absolute atomic E-state index is 13.0. The highest BCUT2D eigenvalue weighted by molar-refractivity contribution is 5.89. The summed E-state index contributed by atoms with van der Waals surface area (Å²) in [7, 11) is 0. The van der Waals surface area contributed by atoms with E-state index in [4.69, 9.17) is 10.00 Å². The smallest absolute Gasteiger partial charge is 0.331 e. The number of carbonyl (C=O) groups is 2. The normalized spacial score (nSPS) is 13.4. The molecular weight excluding hydrogens is 299 g/mol. The third-order valence-corrected chi connectivity index (χ3v) is 3.39. The molecule has 0 heterocycles. The topological polar surface area (TPSA) is 79.2 Å². The van der Waals surface area contributed by atoms with Crippen molar-refractivity contribution in [3.05, 3.63) is 41.7 Å². The predicted molar refractivity (Wildman–Crippen MR) is 83.4 cm³/mol. The zero-order valence-electron chi connectivity index (χ0n) is 13.3. The first kappa shape index (κ1) is 18.4. The highest BCUT2D eigenvalue weighted by Crippen LogP contribution is 2.14. The molecule has 1 atom stereocenters. The van der Waals surface area contributed by atoms with Gasteiger partial charge in [0.05, 0.1) is 6.07 Å². The second kappa shape index (κ2) is 8.08. The maximum atomic E-state index is 13.0. The third kappa shape index (κ3) is 5.91. The molecule has 1 amide bonds. The lowest BCUT2D eigenvalue weighted by molar-refractivity contribution is -0.144. The number of nitrogens with zero attached hydrogens (tertiary/aromatic N) is 1. The summed E-state index contributed by atoms with van der Waals surface area (Å²) in [5.74, 6) is -1.80. The SMILES string of the molecule is CC(C)C(C)(C#N)NC(=O)COC(=O)/C=C/c1cccc(F)c1. The van der Waals surface area contributed by atoms with E-state index >= 15 is 0 Å². The molecule has 1 aromatic carbocycles. The maximum Gasteiger partial charge on any atom is 0.331 e.